The number of aliphatic hydroxyl groups is 1. The zero-order valence-electron chi connectivity index (χ0n) is 20.2. The minimum Gasteiger partial charge on any atom is -0.507 e. The second kappa shape index (κ2) is 10.8. The third kappa shape index (κ3) is 5.08. The van der Waals surface area contributed by atoms with Crippen molar-refractivity contribution in [1.29, 1.82) is 0 Å². The molecule has 8 nitrogen and oxygen atoms in total. The van der Waals surface area contributed by atoms with Gasteiger partial charge in [-0.25, -0.2) is 8.78 Å². The fraction of sp³-hybridized carbons (Fsp3) is 0.111. The number of nitrogens with zero attached hydrogens (tertiary/aromatic N) is 3. The number of ketones is 1. The molecule has 1 aromatic heterocycles. The number of halogens is 2. The Morgan fingerprint density at radius 1 is 1.08 bits per heavy atom. The van der Waals surface area contributed by atoms with Crippen LogP contribution in [0.1, 0.15) is 22.7 Å². The van der Waals surface area contributed by atoms with Gasteiger partial charge in [-0.3, -0.25) is 14.5 Å². The van der Waals surface area contributed by atoms with E-state index in [1.807, 2.05) is 0 Å². The summed E-state index contributed by atoms with van der Waals surface area (Å²) in [5.41, 5.74) is 0.678. The number of carbonyl (C=O) groups excluding carboxylic acids is 2. The van der Waals surface area contributed by atoms with E-state index in [4.69, 9.17) is 4.74 Å². The lowest BCUT2D eigenvalue weighted by Gasteiger charge is -2.23. The SMILES string of the molecule is COc1cc(C2/C(=C(/O)c3ccc(F)cc3)C(=O)C(=O)N2c2nnc(SCc3ccccc3F)s2)ccc1O. The summed E-state index contributed by atoms with van der Waals surface area (Å²) >= 11 is 2.23. The summed E-state index contributed by atoms with van der Waals surface area (Å²) in [6.07, 6.45) is 0. The third-order valence-corrected chi connectivity index (χ3v) is 8.10. The van der Waals surface area contributed by atoms with Crippen LogP contribution < -0.4 is 9.64 Å². The number of ether oxygens (including phenoxy) is 1. The molecule has 2 N–H and O–H groups in total. The number of hydrogen-bond donors (Lipinski definition) is 2. The molecule has 1 unspecified atom stereocenters. The molecule has 198 valence electrons. The van der Waals surface area contributed by atoms with E-state index in [0.29, 0.717) is 15.5 Å². The molecule has 1 aliphatic heterocycles. The van der Waals surface area contributed by atoms with Crippen molar-refractivity contribution in [3.05, 3.63) is 101 Å². The number of aliphatic hydroxyl groups excluding tert-OH is 1. The first-order valence-corrected chi connectivity index (χ1v) is 13.2. The predicted molar refractivity (Wildman–Crippen MR) is 142 cm³/mol. The maximum atomic E-state index is 14.0. The quantitative estimate of drug-likeness (QED) is 0.0997. The molecule has 0 saturated carbocycles. The number of anilines is 1. The Bertz CT molecular complexity index is 1610. The Morgan fingerprint density at radius 3 is 2.54 bits per heavy atom. The minimum absolute atomic E-state index is 0.0725. The monoisotopic (exact) mass is 567 g/mol. The number of benzene rings is 3. The van der Waals surface area contributed by atoms with Crippen LogP contribution in [-0.4, -0.2) is 39.2 Å². The van der Waals surface area contributed by atoms with Crippen LogP contribution >= 0.6 is 23.1 Å². The van der Waals surface area contributed by atoms with Gasteiger partial charge in [-0.05, 0) is 53.6 Å². The van der Waals surface area contributed by atoms with Crippen LogP contribution in [0.4, 0.5) is 13.9 Å². The van der Waals surface area contributed by atoms with E-state index < -0.39 is 29.3 Å². The van der Waals surface area contributed by atoms with E-state index in [9.17, 15) is 28.6 Å². The fourth-order valence-corrected chi connectivity index (χ4v) is 5.94. The average Bonchev–Trinajstić information content (AvgIpc) is 3.50. The van der Waals surface area contributed by atoms with E-state index in [0.717, 1.165) is 28.4 Å². The van der Waals surface area contributed by atoms with Crippen LogP contribution in [0.5, 0.6) is 11.5 Å². The van der Waals surface area contributed by atoms with Crippen LogP contribution in [0, 0.1) is 11.6 Å². The average molecular weight is 568 g/mol. The molecule has 4 aromatic rings. The second-order valence-electron chi connectivity index (χ2n) is 8.34. The van der Waals surface area contributed by atoms with Gasteiger partial charge < -0.3 is 14.9 Å². The zero-order chi connectivity index (χ0) is 27.7. The number of hydrogen-bond acceptors (Lipinski definition) is 9. The molecule has 0 bridgehead atoms. The molecular formula is C27H19F2N3O5S2. The number of amides is 1. The number of Topliss-reactive ketones (excluding diaryl/α,β-unsaturated/α-hetero) is 1. The number of aromatic hydroxyl groups is 1. The number of rotatable bonds is 7. The van der Waals surface area contributed by atoms with Gasteiger partial charge in [0.15, 0.2) is 15.8 Å². The minimum atomic E-state index is -1.16. The molecule has 2 heterocycles. The van der Waals surface area contributed by atoms with Gasteiger partial charge in [-0.2, -0.15) is 0 Å². The molecule has 1 amide bonds. The summed E-state index contributed by atoms with van der Waals surface area (Å²) in [6, 6.07) is 14.2. The largest absolute Gasteiger partial charge is 0.507 e. The van der Waals surface area contributed by atoms with Gasteiger partial charge in [0.1, 0.15) is 17.4 Å². The van der Waals surface area contributed by atoms with Crippen molar-refractivity contribution in [3.8, 4) is 11.5 Å². The number of aromatic nitrogens is 2. The van der Waals surface area contributed by atoms with Crippen molar-refractivity contribution >= 4 is 45.7 Å². The summed E-state index contributed by atoms with van der Waals surface area (Å²) in [5.74, 6) is -3.17. The van der Waals surface area contributed by atoms with Gasteiger partial charge in [-0.15, -0.1) is 10.2 Å². The van der Waals surface area contributed by atoms with Gasteiger partial charge in [0.2, 0.25) is 5.13 Å². The highest BCUT2D eigenvalue weighted by Gasteiger charge is 2.48. The van der Waals surface area contributed by atoms with E-state index in [-0.39, 0.29) is 39.3 Å². The molecule has 0 spiro atoms. The number of methoxy groups -OCH3 is 1. The Morgan fingerprint density at radius 2 is 1.82 bits per heavy atom. The van der Waals surface area contributed by atoms with Crippen LogP contribution in [0.25, 0.3) is 5.76 Å². The molecule has 0 aliphatic carbocycles. The summed E-state index contributed by atoms with van der Waals surface area (Å²) in [5, 5.41) is 29.5. The van der Waals surface area contributed by atoms with Crippen molar-refractivity contribution in [1.82, 2.24) is 10.2 Å². The third-order valence-electron chi connectivity index (χ3n) is 5.99. The first-order chi connectivity index (χ1) is 18.8. The molecule has 1 atom stereocenters. The molecule has 1 fully saturated rings. The number of phenolic OH excluding ortho intramolecular Hbond substituents is 1. The maximum absolute atomic E-state index is 14.0. The first kappa shape index (κ1) is 26.3. The maximum Gasteiger partial charge on any atom is 0.301 e. The highest BCUT2D eigenvalue weighted by molar-refractivity contribution is 8.00. The number of carbonyl (C=O) groups is 2. The van der Waals surface area contributed by atoms with Crippen LogP contribution in [0.3, 0.4) is 0 Å². The molecular weight excluding hydrogens is 548 g/mol. The smallest absolute Gasteiger partial charge is 0.301 e. The summed E-state index contributed by atoms with van der Waals surface area (Å²) in [4.78, 5) is 27.7. The molecule has 1 saturated heterocycles. The molecule has 39 heavy (non-hydrogen) atoms. The molecule has 3 aromatic carbocycles. The van der Waals surface area contributed by atoms with Crippen molar-refractivity contribution in [3.63, 3.8) is 0 Å². The fourth-order valence-electron chi connectivity index (χ4n) is 4.09. The summed E-state index contributed by atoms with van der Waals surface area (Å²) in [6.45, 7) is 0. The van der Waals surface area contributed by atoms with Crippen molar-refractivity contribution < 1.29 is 33.3 Å². The number of phenols is 1. The normalized spacial score (nSPS) is 16.6. The Kier molecular flexibility index (Phi) is 7.31. The topological polar surface area (TPSA) is 113 Å². The summed E-state index contributed by atoms with van der Waals surface area (Å²) < 4.78 is 33.2. The van der Waals surface area contributed by atoms with Crippen molar-refractivity contribution in [2.45, 2.75) is 16.1 Å². The van der Waals surface area contributed by atoms with E-state index in [1.165, 1.54) is 55.3 Å². The zero-order valence-corrected chi connectivity index (χ0v) is 21.8. The molecule has 0 radical (unpaired) electrons. The first-order valence-electron chi connectivity index (χ1n) is 11.4. The highest BCUT2D eigenvalue weighted by atomic mass is 32.2. The van der Waals surface area contributed by atoms with E-state index >= 15 is 0 Å². The lowest BCUT2D eigenvalue weighted by molar-refractivity contribution is -0.132. The van der Waals surface area contributed by atoms with Crippen molar-refractivity contribution in [2.75, 3.05) is 12.0 Å². The highest BCUT2D eigenvalue weighted by Crippen LogP contribution is 2.45. The molecule has 1 aliphatic rings. The standard InChI is InChI=1S/C27H19F2N3O5S2/c1-37-20-12-15(8-11-19(20)33)22-21(23(34)14-6-9-17(28)10-7-14)24(35)25(36)32(22)26-30-31-27(39-26)38-13-16-4-2-3-5-18(16)29/h2-12,22,33-34H,13H2,1H3/b23-21-. The Balaban J connectivity index is 1.57. The van der Waals surface area contributed by atoms with E-state index in [1.54, 1.807) is 18.2 Å². The molecule has 12 heteroatoms. The van der Waals surface area contributed by atoms with Crippen LogP contribution in [-0.2, 0) is 15.3 Å². The van der Waals surface area contributed by atoms with Crippen LogP contribution in [0.2, 0.25) is 0 Å². The lowest BCUT2D eigenvalue weighted by Crippen LogP contribution is -2.29. The van der Waals surface area contributed by atoms with Gasteiger partial charge >= 0.3 is 5.91 Å². The van der Waals surface area contributed by atoms with Gasteiger partial charge in [0, 0.05) is 11.3 Å². The Hall–Kier alpha value is -4.29. The van der Waals surface area contributed by atoms with Crippen molar-refractivity contribution in [2.24, 2.45) is 0 Å². The van der Waals surface area contributed by atoms with E-state index in [2.05, 4.69) is 10.2 Å². The lowest BCUT2D eigenvalue weighted by atomic mass is 9.95. The van der Waals surface area contributed by atoms with Gasteiger partial charge in [0.05, 0.1) is 18.7 Å². The van der Waals surface area contributed by atoms with Gasteiger partial charge in [-0.1, -0.05) is 47.4 Å². The second-order valence-corrected chi connectivity index (χ2v) is 10.5. The number of thioether (sulfide) groups is 1. The summed E-state index contributed by atoms with van der Waals surface area (Å²) in [7, 11) is 1.35. The van der Waals surface area contributed by atoms with Gasteiger partial charge in [0.25, 0.3) is 5.78 Å². The Labute approximate surface area is 229 Å². The predicted octanol–water partition coefficient (Wildman–Crippen LogP) is 5.45. The van der Waals surface area contributed by atoms with Crippen LogP contribution in [0.15, 0.2) is 76.6 Å². The molecule has 5 rings (SSSR count).